The van der Waals surface area contributed by atoms with E-state index in [4.69, 9.17) is 5.11 Å². The Kier molecular flexibility index (Phi) is 4.68. The lowest BCUT2D eigenvalue weighted by atomic mass is 10.1. The highest BCUT2D eigenvalue weighted by molar-refractivity contribution is 9.10. The number of anilines is 1. The first-order chi connectivity index (χ1) is 11.5. The summed E-state index contributed by atoms with van der Waals surface area (Å²) in [7, 11) is 0. The molecular formula is C16H10BrN3O3S. The second kappa shape index (κ2) is 6.90. The number of rotatable bonds is 4. The summed E-state index contributed by atoms with van der Waals surface area (Å²) < 4.78 is 0.812. The molecule has 1 aromatic heterocycles. The van der Waals surface area contributed by atoms with E-state index in [1.54, 1.807) is 30.3 Å². The number of carbonyl (C=O) groups is 2. The Bertz CT molecular complexity index is 909. The molecule has 0 bridgehead atoms. The molecule has 2 aromatic carbocycles. The first-order valence-corrected chi connectivity index (χ1v) is 8.38. The van der Waals surface area contributed by atoms with E-state index in [1.165, 1.54) is 23.5 Å². The van der Waals surface area contributed by atoms with Crippen LogP contribution in [0, 0.1) is 0 Å². The van der Waals surface area contributed by atoms with Crippen molar-refractivity contribution in [2.75, 3.05) is 5.32 Å². The van der Waals surface area contributed by atoms with E-state index in [0.717, 1.165) is 10.0 Å². The molecule has 2 N–H and O–H groups in total. The van der Waals surface area contributed by atoms with Crippen molar-refractivity contribution in [3.63, 3.8) is 0 Å². The van der Waals surface area contributed by atoms with Crippen LogP contribution in [0.4, 0.5) is 5.13 Å². The van der Waals surface area contributed by atoms with Crippen LogP contribution in [-0.4, -0.2) is 27.2 Å². The molecule has 0 saturated carbocycles. The van der Waals surface area contributed by atoms with Gasteiger partial charge in [0.2, 0.25) is 5.13 Å². The molecule has 0 fully saturated rings. The van der Waals surface area contributed by atoms with E-state index in [2.05, 4.69) is 31.4 Å². The number of benzene rings is 2. The highest BCUT2D eigenvalue weighted by Crippen LogP contribution is 2.27. The number of aromatic nitrogens is 2. The van der Waals surface area contributed by atoms with Crippen LogP contribution in [0.2, 0.25) is 0 Å². The summed E-state index contributed by atoms with van der Waals surface area (Å²) in [4.78, 5) is 23.0. The van der Waals surface area contributed by atoms with Gasteiger partial charge in [-0.3, -0.25) is 10.1 Å². The summed E-state index contributed by atoms with van der Waals surface area (Å²) in [6.45, 7) is 0. The lowest BCUT2D eigenvalue weighted by Gasteiger charge is -2.01. The van der Waals surface area contributed by atoms with Gasteiger partial charge in [0.15, 0.2) is 0 Å². The van der Waals surface area contributed by atoms with Crippen molar-refractivity contribution in [1.82, 2.24) is 10.2 Å². The topological polar surface area (TPSA) is 92.2 Å². The van der Waals surface area contributed by atoms with E-state index in [1.807, 2.05) is 6.07 Å². The fraction of sp³-hybridized carbons (Fsp3) is 0. The largest absolute Gasteiger partial charge is 0.478 e. The number of aromatic carboxylic acids is 1. The minimum atomic E-state index is -0.985. The van der Waals surface area contributed by atoms with Crippen LogP contribution in [-0.2, 0) is 0 Å². The molecule has 0 radical (unpaired) electrons. The van der Waals surface area contributed by atoms with Gasteiger partial charge in [0.1, 0.15) is 5.01 Å². The summed E-state index contributed by atoms with van der Waals surface area (Å²) in [5.41, 5.74) is 1.44. The molecule has 3 aromatic rings. The van der Waals surface area contributed by atoms with Crippen LogP contribution in [0.25, 0.3) is 10.6 Å². The lowest BCUT2D eigenvalue weighted by molar-refractivity contribution is 0.0696. The normalized spacial score (nSPS) is 10.4. The fourth-order valence-electron chi connectivity index (χ4n) is 1.94. The van der Waals surface area contributed by atoms with Gasteiger partial charge in [-0.05, 0) is 30.3 Å². The van der Waals surface area contributed by atoms with Gasteiger partial charge in [0.25, 0.3) is 5.91 Å². The van der Waals surface area contributed by atoms with E-state index in [0.29, 0.717) is 15.7 Å². The van der Waals surface area contributed by atoms with Crippen LogP contribution in [0.1, 0.15) is 20.7 Å². The monoisotopic (exact) mass is 403 g/mol. The number of hydrogen-bond acceptors (Lipinski definition) is 5. The summed E-state index contributed by atoms with van der Waals surface area (Å²) >= 11 is 4.53. The van der Waals surface area contributed by atoms with Crippen molar-refractivity contribution in [1.29, 1.82) is 0 Å². The second-order valence-corrected chi connectivity index (χ2v) is 6.65. The van der Waals surface area contributed by atoms with Gasteiger partial charge in [-0.1, -0.05) is 45.5 Å². The van der Waals surface area contributed by atoms with Gasteiger partial charge in [-0.2, -0.15) is 0 Å². The third-order valence-electron chi connectivity index (χ3n) is 3.11. The number of hydrogen-bond donors (Lipinski definition) is 2. The zero-order valence-corrected chi connectivity index (χ0v) is 14.5. The Hall–Kier alpha value is -2.58. The number of amides is 1. The molecular weight excluding hydrogens is 394 g/mol. The first kappa shape index (κ1) is 16.3. The molecule has 8 heteroatoms. The molecule has 6 nitrogen and oxygen atoms in total. The minimum absolute atomic E-state index is 0.200. The molecule has 0 atom stereocenters. The highest BCUT2D eigenvalue weighted by atomic mass is 79.9. The predicted molar refractivity (Wildman–Crippen MR) is 94.4 cm³/mol. The quantitative estimate of drug-likeness (QED) is 0.688. The highest BCUT2D eigenvalue weighted by Gasteiger charge is 2.12. The molecule has 24 heavy (non-hydrogen) atoms. The number of halogens is 1. The van der Waals surface area contributed by atoms with E-state index >= 15 is 0 Å². The smallest absolute Gasteiger partial charge is 0.335 e. The molecule has 0 spiro atoms. The van der Waals surface area contributed by atoms with Crippen LogP contribution < -0.4 is 5.32 Å². The second-order valence-electron chi connectivity index (χ2n) is 4.76. The third-order valence-corrected chi connectivity index (χ3v) is 4.49. The van der Waals surface area contributed by atoms with Gasteiger partial charge in [0.05, 0.1) is 5.56 Å². The Morgan fingerprint density at radius 2 is 1.79 bits per heavy atom. The maximum absolute atomic E-state index is 12.2. The van der Waals surface area contributed by atoms with Crippen LogP contribution >= 0.6 is 27.3 Å². The molecule has 1 heterocycles. The molecule has 120 valence electrons. The molecule has 1 amide bonds. The summed E-state index contributed by atoms with van der Waals surface area (Å²) in [6, 6.07) is 13.3. The Labute approximate surface area is 149 Å². The van der Waals surface area contributed by atoms with Crippen molar-refractivity contribution < 1.29 is 14.7 Å². The number of nitrogens with one attached hydrogen (secondary N) is 1. The van der Waals surface area contributed by atoms with E-state index in [-0.39, 0.29) is 11.5 Å². The van der Waals surface area contributed by atoms with Crippen LogP contribution in [0.15, 0.2) is 53.0 Å². The number of carboxylic acids is 1. The Morgan fingerprint density at radius 3 is 2.46 bits per heavy atom. The Morgan fingerprint density at radius 1 is 1.04 bits per heavy atom. The average molecular weight is 404 g/mol. The number of carbonyl (C=O) groups excluding carboxylic acids is 1. The average Bonchev–Trinajstić information content (AvgIpc) is 3.03. The molecule has 3 rings (SSSR count). The zero-order valence-electron chi connectivity index (χ0n) is 12.1. The summed E-state index contributed by atoms with van der Waals surface area (Å²) in [5, 5.41) is 20.5. The van der Waals surface area contributed by atoms with Gasteiger partial charge < -0.3 is 5.11 Å². The molecule has 0 unspecified atom stereocenters. The van der Waals surface area contributed by atoms with Gasteiger partial charge in [-0.25, -0.2) is 4.79 Å². The molecule has 0 saturated heterocycles. The van der Waals surface area contributed by atoms with Crippen LogP contribution in [0.3, 0.4) is 0 Å². The van der Waals surface area contributed by atoms with E-state index in [9.17, 15) is 9.59 Å². The lowest BCUT2D eigenvalue weighted by Crippen LogP contribution is -2.11. The first-order valence-electron chi connectivity index (χ1n) is 6.77. The van der Waals surface area contributed by atoms with Crippen molar-refractivity contribution in [3.8, 4) is 10.6 Å². The molecule has 0 aliphatic carbocycles. The van der Waals surface area contributed by atoms with Gasteiger partial charge >= 0.3 is 5.97 Å². The van der Waals surface area contributed by atoms with Crippen LogP contribution in [0.5, 0.6) is 0 Å². The van der Waals surface area contributed by atoms with Gasteiger partial charge in [0, 0.05) is 15.6 Å². The van der Waals surface area contributed by atoms with E-state index < -0.39 is 5.97 Å². The molecule has 0 aliphatic heterocycles. The SMILES string of the molecule is O=C(O)c1ccc(-c2nnc(NC(=O)c3cccc(Br)c3)s2)cc1. The maximum atomic E-state index is 12.2. The maximum Gasteiger partial charge on any atom is 0.335 e. The van der Waals surface area contributed by atoms with Crippen molar-refractivity contribution in [2.24, 2.45) is 0 Å². The predicted octanol–water partition coefficient (Wildman–Crippen LogP) is 3.92. The van der Waals surface area contributed by atoms with Crippen molar-refractivity contribution >= 4 is 44.3 Å². The third kappa shape index (κ3) is 3.66. The Balaban J connectivity index is 1.75. The molecule has 0 aliphatic rings. The number of carboxylic acid groups (broad SMARTS) is 1. The fourth-order valence-corrected chi connectivity index (χ4v) is 3.09. The summed E-state index contributed by atoms with van der Waals surface area (Å²) in [5.74, 6) is -1.26. The number of nitrogens with zero attached hydrogens (tertiary/aromatic N) is 2. The standard InChI is InChI=1S/C16H10BrN3O3S/c17-12-3-1-2-11(8-12)13(21)18-16-20-19-14(24-16)9-4-6-10(7-5-9)15(22)23/h1-8H,(H,22,23)(H,18,20,21). The van der Waals surface area contributed by atoms with Crippen molar-refractivity contribution in [3.05, 3.63) is 64.1 Å². The van der Waals surface area contributed by atoms with Gasteiger partial charge in [-0.15, -0.1) is 10.2 Å². The summed E-state index contributed by atoms with van der Waals surface area (Å²) in [6.07, 6.45) is 0. The van der Waals surface area contributed by atoms with Crippen molar-refractivity contribution in [2.45, 2.75) is 0 Å². The minimum Gasteiger partial charge on any atom is -0.478 e. The zero-order chi connectivity index (χ0) is 17.1.